The highest BCUT2D eigenvalue weighted by Crippen LogP contribution is 2.37. The molecule has 1 fully saturated rings. The molecular weight excluding hydrogens is 204 g/mol. The van der Waals surface area contributed by atoms with Gasteiger partial charge in [0.15, 0.2) is 0 Å². The predicted octanol–water partition coefficient (Wildman–Crippen LogP) is 1.59. The zero-order valence-electron chi connectivity index (χ0n) is 10.1. The molecule has 4 heteroatoms. The summed E-state index contributed by atoms with van der Waals surface area (Å²) in [6.45, 7) is 9.81. The second-order valence-electron chi connectivity index (χ2n) is 6.06. The maximum atomic E-state index is 5.78. The summed E-state index contributed by atoms with van der Waals surface area (Å²) >= 11 is 0. The van der Waals surface area contributed by atoms with Crippen LogP contribution in [0.15, 0.2) is 6.07 Å². The van der Waals surface area contributed by atoms with Crippen LogP contribution in [-0.4, -0.2) is 29.6 Å². The van der Waals surface area contributed by atoms with Crippen LogP contribution in [0.3, 0.4) is 0 Å². The van der Waals surface area contributed by atoms with E-state index >= 15 is 0 Å². The van der Waals surface area contributed by atoms with Gasteiger partial charge in [-0.2, -0.15) is 5.10 Å². The first kappa shape index (κ1) is 10.1. The summed E-state index contributed by atoms with van der Waals surface area (Å²) in [6.07, 6.45) is 0. The van der Waals surface area contributed by atoms with E-state index in [1.165, 1.54) is 0 Å². The Kier molecular flexibility index (Phi) is 1.90. The van der Waals surface area contributed by atoms with E-state index in [9.17, 15) is 0 Å². The van der Waals surface area contributed by atoms with E-state index in [0.29, 0.717) is 0 Å². The molecule has 2 aliphatic rings. The van der Waals surface area contributed by atoms with Gasteiger partial charge in [0.1, 0.15) is 6.61 Å². The lowest BCUT2D eigenvalue weighted by atomic mass is 9.86. The fourth-order valence-corrected chi connectivity index (χ4v) is 2.15. The van der Waals surface area contributed by atoms with Gasteiger partial charge in [0.2, 0.25) is 5.88 Å². The molecule has 88 valence electrons. The smallest absolute Gasteiger partial charge is 0.212 e. The minimum atomic E-state index is 0.0803. The number of nitrogens with zero attached hydrogens (tertiary/aromatic N) is 2. The van der Waals surface area contributed by atoms with Gasteiger partial charge in [-0.25, -0.2) is 4.68 Å². The Morgan fingerprint density at radius 1 is 1.31 bits per heavy atom. The Labute approximate surface area is 95.5 Å². The molecule has 0 N–H and O–H groups in total. The summed E-state index contributed by atoms with van der Waals surface area (Å²) in [5.74, 6) is 0.905. The van der Waals surface area contributed by atoms with Gasteiger partial charge in [0, 0.05) is 11.5 Å². The average Bonchev–Trinajstić information content (AvgIpc) is 2.56. The summed E-state index contributed by atoms with van der Waals surface area (Å²) < 4.78 is 13.1. The topological polar surface area (TPSA) is 36.3 Å². The van der Waals surface area contributed by atoms with Crippen LogP contribution in [0.2, 0.25) is 0 Å². The maximum absolute atomic E-state index is 5.78. The first-order chi connectivity index (χ1) is 7.49. The van der Waals surface area contributed by atoms with Crippen molar-refractivity contribution >= 4 is 0 Å². The molecule has 0 unspecified atom stereocenters. The van der Waals surface area contributed by atoms with E-state index < -0.39 is 0 Å². The standard InChI is InChI=1S/C12H18N2O2/c1-11(2,3)9-4-10-14(13-9)5-12(8-16-10)6-15-7-12/h4H,5-8H2,1-3H3. The SMILES string of the molecule is CC(C)(C)c1cc2n(n1)CC1(COC1)CO2. The fourth-order valence-electron chi connectivity index (χ4n) is 2.15. The van der Waals surface area contributed by atoms with E-state index in [1.807, 2.05) is 4.68 Å². The van der Waals surface area contributed by atoms with Crippen molar-refractivity contribution in [2.45, 2.75) is 32.7 Å². The molecule has 0 radical (unpaired) electrons. The first-order valence-corrected chi connectivity index (χ1v) is 5.78. The Bertz CT molecular complexity index is 413. The van der Waals surface area contributed by atoms with Crippen molar-refractivity contribution in [3.05, 3.63) is 11.8 Å². The van der Waals surface area contributed by atoms with Crippen molar-refractivity contribution in [1.82, 2.24) is 9.78 Å². The van der Waals surface area contributed by atoms with Gasteiger partial charge in [0.05, 0.1) is 30.9 Å². The molecule has 1 spiro atoms. The summed E-state index contributed by atoms with van der Waals surface area (Å²) in [7, 11) is 0. The molecule has 0 atom stereocenters. The van der Waals surface area contributed by atoms with E-state index in [2.05, 4.69) is 31.9 Å². The number of hydrogen-bond donors (Lipinski definition) is 0. The van der Waals surface area contributed by atoms with Crippen LogP contribution >= 0.6 is 0 Å². The minimum Gasteiger partial charge on any atom is -0.477 e. The van der Waals surface area contributed by atoms with Crippen molar-refractivity contribution < 1.29 is 9.47 Å². The van der Waals surface area contributed by atoms with Crippen LogP contribution in [0.1, 0.15) is 26.5 Å². The predicted molar refractivity (Wildman–Crippen MR) is 59.7 cm³/mol. The van der Waals surface area contributed by atoms with Crippen molar-refractivity contribution in [2.75, 3.05) is 19.8 Å². The molecule has 0 bridgehead atoms. The molecule has 1 aromatic heterocycles. The highest BCUT2D eigenvalue weighted by Gasteiger charge is 2.44. The maximum Gasteiger partial charge on any atom is 0.212 e. The largest absolute Gasteiger partial charge is 0.477 e. The Morgan fingerprint density at radius 2 is 2.06 bits per heavy atom. The molecular formula is C12H18N2O2. The van der Waals surface area contributed by atoms with Gasteiger partial charge < -0.3 is 9.47 Å². The van der Waals surface area contributed by atoms with E-state index in [1.54, 1.807) is 0 Å². The summed E-state index contributed by atoms with van der Waals surface area (Å²) in [4.78, 5) is 0. The van der Waals surface area contributed by atoms with Crippen molar-refractivity contribution in [2.24, 2.45) is 5.41 Å². The van der Waals surface area contributed by atoms with E-state index in [-0.39, 0.29) is 10.8 Å². The summed E-state index contributed by atoms with van der Waals surface area (Å²) in [5, 5.41) is 4.64. The quantitative estimate of drug-likeness (QED) is 0.669. The lowest BCUT2D eigenvalue weighted by molar-refractivity contribution is -0.153. The molecule has 16 heavy (non-hydrogen) atoms. The lowest BCUT2D eigenvalue weighted by Gasteiger charge is -2.43. The van der Waals surface area contributed by atoms with Gasteiger partial charge in [-0.15, -0.1) is 0 Å². The van der Waals surface area contributed by atoms with Gasteiger partial charge in [-0.1, -0.05) is 20.8 Å². The third kappa shape index (κ3) is 1.44. The van der Waals surface area contributed by atoms with Crippen LogP contribution in [-0.2, 0) is 16.7 Å². The third-order valence-corrected chi connectivity index (χ3v) is 3.34. The number of rotatable bonds is 0. The second kappa shape index (κ2) is 3.00. The van der Waals surface area contributed by atoms with Crippen molar-refractivity contribution in [3.63, 3.8) is 0 Å². The second-order valence-corrected chi connectivity index (χ2v) is 6.06. The molecule has 0 aliphatic carbocycles. The Morgan fingerprint density at radius 3 is 2.62 bits per heavy atom. The van der Waals surface area contributed by atoms with Gasteiger partial charge in [-0.05, 0) is 0 Å². The third-order valence-electron chi connectivity index (χ3n) is 3.34. The molecule has 0 saturated carbocycles. The molecule has 0 amide bonds. The normalized spacial score (nSPS) is 22.4. The van der Waals surface area contributed by atoms with Crippen LogP contribution in [0.4, 0.5) is 0 Å². The summed E-state index contributed by atoms with van der Waals surface area (Å²) in [6, 6.07) is 2.06. The number of aromatic nitrogens is 2. The number of hydrogen-bond acceptors (Lipinski definition) is 3. The molecule has 2 aliphatic heterocycles. The number of ether oxygens (including phenoxy) is 2. The van der Waals surface area contributed by atoms with Crippen LogP contribution in [0, 0.1) is 5.41 Å². The lowest BCUT2D eigenvalue weighted by Crippen LogP contribution is -2.52. The Balaban J connectivity index is 1.91. The monoisotopic (exact) mass is 222 g/mol. The zero-order valence-corrected chi connectivity index (χ0v) is 10.1. The minimum absolute atomic E-state index is 0.0803. The van der Waals surface area contributed by atoms with E-state index in [0.717, 1.165) is 37.9 Å². The summed E-state index contributed by atoms with van der Waals surface area (Å²) in [5.41, 5.74) is 1.37. The van der Waals surface area contributed by atoms with Crippen molar-refractivity contribution in [1.29, 1.82) is 0 Å². The average molecular weight is 222 g/mol. The number of fused-ring (bicyclic) bond motifs is 1. The molecule has 1 aromatic rings. The van der Waals surface area contributed by atoms with Crippen LogP contribution in [0.25, 0.3) is 0 Å². The molecule has 0 aromatic carbocycles. The van der Waals surface area contributed by atoms with Crippen molar-refractivity contribution in [3.8, 4) is 5.88 Å². The molecule has 1 saturated heterocycles. The van der Waals surface area contributed by atoms with Crippen LogP contribution < -0.4 is 4.74 Å². The first-order valence-electron chi connectivity index (χ1n) is 5.78. The van der Waals surface area contributed by atoms with Gasteiger partial charge in [0.25, 0.3) is 0 Å². The highest BCUT2D eigenvalue weighted by atomic mass is 16.5. The fraction of sp³-hybridized carbons (Fsp3) is 0.750. The van der Waals surface area contributed by atoms with E-state index in [4.69, 9.17) is 9.47 Å². The zero-order chi connectivity index (χ0) is 11.4. The highest BCUT2D eigenvalue weighted by molar-refractivity contribution is 5.23. The molecule has 3 rings (SSSR count). The molecule has 4 nitrogen and oxygen atoms in total. The van der Waals surface area contributed by atoms with Crippen LogP contribution in [0.5, 0.6) is 5.88 Å². The van der Waals surface area contributed by atoms with Gasteiger partial charge >= 0.3 is 0 Å². The van der Waals surface area contributed by atoms with Gasteiger partial charge in [-0.3, -0.25) is 0 Å². The molecule has 3 heterocycles. The Hall–Kier alpha value is -1.03.